The molecule has 4 heterocycles. The summed E-state index contributed by atoms with van der Waals surface area (Å²) in [7, 11) is 0. The maximum Gasteiger partial charge on any atom is 0.337 e. The molecule has 1 saturated carbocycles. The van der Waals surface area contributed by atoms with Crippen LogP contribution in [-0.2, 0) is 17.8 Å². The van der Waals surface area contributed by atoms with E-state index in [0.29, 0.717) is 44.8 Å². The Labute approximate surface area is 277 Å². The molecule has 0 amide bonds. The Morgan fingerprint density at radius 3 is 2.56 bits per heavy atom. The van der Waals surface area contributed by atoms with Crippen molar-refractivity contribution >= 4 is 11.0 Å². The average Bonchev–Trinajstić information content (AvgIpc) is 3.09. The lowest BCUT2D eigenvalue weighted by molar-refractivity contribution is 0.0342. The van der Waals surface area contributed by atoms with Crippen molar-refractivity contribution in [2.24, 2.45) is 0 Å². The van der Waals surface area contributed by atoms with Crippen molar-refractivity contribution in [3.8, 4) is 22.6 Å². The SMILES string of the molecule is Cc1cccc(CNC2CCC(n3c(=O)c4cc(F)cnc4n(-c4cccc(-c5ccc(O)cc5CN5CCOCC5)c4)c3=O)CC2)n1. The van der Waals surface area contributed by atoms with E-state index in [1.165, 1.54) is 15.2 Å². The lowest BCUT2D eigenvalue weighted by Crippen LogP contribution is -2.44. The Morgan fingerprint density at radius 1 is 0.979 bits per heavy atom. The number of nitrogens with zero attached hydrogens (tertiary/aromatic N) is 5. The molecule has 0 bridgehead atoms. The van der Waals surface area contributed by atoms with Gasteiger partial charge in [-0.25, -0.2) is 18.7 Å². The highest BCUT2D eigenvalue weighted by Crippen LogP contribution is 2.31. The van der Waals surface area contributed by atoms with Gasteiger partial charge in [0.1, 0.15) is 11.6 Å². The van der Waals surface area contributed by atoms with Gasteiger partial charge in [-0.15, -0.1) is 0 Å². The molecule has 0 unspecified atom stereocenters. The van der Waals surface area contributed by atoms with E-state index in [1.807, 2.05) is 49.4 Å². The standard InChI is InChI=1S/C37H39FN6O4/c1-24-4-2-6-29(41-24)22-39-28-8-10-30(11-9-28)44-36(46)34-20-27(38)21-40-35(34)43(37(44)47)31-7-3-5-25(18-31)33-13-12-32(45)19-26(33)23-42-14-16-48-17-15-42/h2-7,12-13,18-21,28,30,39,45H,8-11,14-17,22-23H2,1H3. The lowest BCUT2D eigenvalue weighted by atomic mass is 9.91. The van der Waals surface area contributed by atoms with Gasteiger partial charge >= 0.3 is 5.69 Å². The van der Waals surface area contributed by atoms with Crippen LogP contribution in [0.4, 0.5) is 4.39 Å². The molecule has 0 atom stereocenters. The summed E-state index contributed by atoms with van der Waals surface area (Å²) < 4.78 is 22.8. The fourth-order valence-corrected chi connectivity index (χ4v) is 7.03. The quantitative estimate of drug-likeness (QED) is 0.245. The van der Waals surface area contributed by atoms with Crippen molar-refractivity contribution < 1.29 is 14.2 Å². The average molecular weight is 651 g/mol. The number of aromatic hydroxyl groups is 1. The zero-order valence-corrected chi connectivity index (χ0v) is 26.9. The van der Waals surface area contributed by atoms with E-state index in [-0.39, 0.29) is 28.9 Å². The summed E-state index contributed by atoms with van der Waals surface area (Å²) in [5.74, 6) is -0.463. The molecule has 1 saturated heterocycles. The summed E-state index contributed by atoms with van der Waals surface area (Å²) >= 11 is 0. The number of pyridine rings is 2. The Kier molecular flexibility index (Phi) is 9.16. The number of hydrogen-bond donors (Lipinski definition) is 2. The van der Waals surface area contributed by atoms with Crippen LogP contribution in [0.5, 0.6) is 5.75 Å². The van der Waals surface area contributed by atoms with E-state index in [9.17, 15) is 19.1 Å². The fourth-order valence-electron chi connectivity index (χ4n) is 7.03. The van der Waals surface area contributed by atoms with Crippen molar-refractivity contribution in [1.82, 2.24) is 29.3 Å². The first-order valence-corrected chi connectivity index (χ1v) is 16.6. The number of nitrogens with one attached hydrogen (secondary N) is 1. The molecule has 7 rings (SSSR count). The number of fused-ring (bicyclic) bond motifs is 1. The van der Waals surface area contributed by atoms with Gasteiger partial charge in [0.2, 0.25) is 0 Å². The maximum absolute atomic E-state index is 14.5. The molecule has 11 heteroatoms. The van der Waals surface area contributed by atoms with Crippen LogP contribution in [0.25, 0.3) is 27.8 Å². The Balaban J connectivity index is 1.22. The summed E-state index contributed by atoms with van der Waals surface area (Å²) in [5.41, 5.74) is 4.25. The van der Waals surface area contributed by atoms with Crippen LogP contribution >= 0.6 is 0 Å². The number of aromatic nitrogens is 4. The van der Waals surface area contributed by atoms with Crippen LogP contribution in [0.15, 0.2) is 82.5 Å². The molecule has 48 heavy (non-hydrogen) atoms. The monoisotopic (exact) mass is 650 g/mol. The van der Waals surface area contributed by atoms with E-state index >= 15 is 0 Å². The molecule has 1 aliphatic heterocycles. The molecule has 10 nitrogen and oxygen atoms in total. The molecular formula is C37H39FN6O4. The Bertz CT molecular complexity index is 2060. The predicted octanol–water partition coefficient (Wildman–Crippen LogP) is 4.87. The number of morpholine rings is 1. The third-order valence-corrected chi connectivity index (χ3v) is 9.47. The van der Waals surface area contributed by atoms with Gasteiger partial charge in [-0.05, 0) is 91.8 Å². The zero-order chi connectivity index (χ0) is 33.2. The predicted molar refractivity (Wildman–Crippen MR) is 182 cm³/mol. The smallest absolute Gasteiger partial charge is 0.337 e. The van der Waals surface area contributed by atoms with Crippen molar-refractivity contribution in [2.75, 3.05) is 26.3 Å². The highest BCUT2D eigenvalue weighted by atomic mass is 19.1. The number of ether oxygens (including phenoxy) is 1. The number of hydrogen-bond acceptors (Lipinski definition) is 8. The van der Waals surface area contributed by atoms with E-state index in [2.05, 4.69) is 20.2 Å². The molecule has 1 aliphatic carbocycles. The van der Waals surface area contributed by atoms with Gasteiger partial charge in [-0.2, -0.15) is 0 Å². The second kappa shape index (κ2) is 13.8. The molecule has 0 spiro atoms. The molecule has 248 valence electrons. The van der Waals surface area contributed by atoms with Gasteiger partial charge in [0.05, 0.1) is 36.2 Å². The second-order valence-electron chi connectivity index (χ2n) is 12.8. The van der Waals surface area contributed by atoms with Crippen LogP contribution in [0.3, 0.4) is 0 Å². The summed E-state index contributed by atoms with van der Waals surface area (Å²) in [5, 5.41) is 14.0. The summed E-state index contributed by atoms with van der Waals surface area (Å²) in [6.45, 7) is 6.15. The topological polar surface area (TPSA) is 115 Å². The Hall–Kier alpha value is -4.71. The number of halogens is 1. The van der Waals surface area contributed by atoms with Crippen LogP contribution in [-0.4, -0.2) is 61.5 Å². The fraction of sp³-hybridized carbons (Fsp3) is 0.351. The minimum absolute atomic E-state index is 0.0587. The summed E-state index contributed by atoms with van der Waals surface area (Å²) in [6.07, 6.45) is 3.85. The van der Waals surface area contributed by atoms with E-state index in [4.69, 9.17) is 4.74 Å². The molecule has 3 aromatic heterocycles. The first kappa shape index (κ1) is 31.9. The summed E-state index contributed by atoms with van der Waals surface area (Å²) in [6, 6.07) is 19.8. The molecule has 2 aromatic carbocycles. The Morgan fingerprint density at radius 2 is 1.77 bits per heavy atom. The van der Waals surface area contributed by atoms with Crippen molar-refractivity contribution in [2.45, 2.75) is 57.8 Å². The third kappa shape index (κ3) is 6.66. The normalized spacial score (nSPS) is 18.7. The van der Waals surface area contributed by atoms with Crippen molar-refractivity contribution in [3.05, 3.63) is 117 Å². The highest BCUT2D eigenvalue weighted by Gasteiger charge is 2.27. The van der Waals surface area contributed by atoms with E-state index in [1.54, 1.807) is 18.2 Å². The van der Waals surface area contributed by atoms with Gasteiger partial charge in [0.25, 0.3) is 5.56 Å². The number of rotatable bonds is 8. The third-order valence-electron chi connectivity index (χ3n) is 9.47. The number of benzene rings is 2. The number of phenols is 1. The molecule has 2 N–H and O–H groups in total. The molecule has 5 aromatic rings. The first-order chi connectivity index (χ1) is 23.3. The van der Waals surface area contributed by atoms with Gasteiger partial charge in [0.15, 0.2) is 5.65 Å². The van der Waals surface area contributed by atoms with Gasteiger partial charge in [-0.3, -0.25) is 19.2 Å². The van der Waals surface area contributed by atoms with Crippen LogP contribution in [0.2, 0.25) is 0 Å². The maximum atomic E-state index is 14.5. The lowest BCUT2D eigenvalue weighted by Gasteiger charge is -2.30. The van der Waals surface area contributed by atoms with Gasteiger partial charge < -0.3 is 15.2 Å². The highest BCUT2D eigenvalue weighted by molar-refractivity contribution is 5.77. The van der Waals surface area contributed by atoms with Gasteiger partial charge in [-0.1, -0.05) is 24.3 Å². The second-order valence-corrected chi connectivity index (χ2v) is 12.8. The minimum atomic E-state index is -0.639. The molecule has 2 aliphatic rings. The summed E-state index contributed by atoms with van der Waals surface area (Å²) in [4.78, 5) is 39.3. The van der Waals surface area contributed by atoms with Crippen LogP contribution in [0.1, 0.15) is 48.7 Å². The molecular weight excluding hydrogens is 611 g/mol. The van der Waals surface area contributed by atoms with Crippen molar-refractivity contribution in [1.29, 1.82) is 0 Å². The largest absolute Gasteiger partial charge is 0.508 e. The molecule has 2 fully saturated rings. The zero-order valence-electron chi connectivity index (χ0n) is 26.9. The van der Waals surface area contributed by atoms with Crippen LogP contribution in [0, 0.1) is 12.7 Å². The van der Waals surface area contributed by atoms with Gasteiger partial charge in [0, 0.05) is 44.0 Å². The number of phenolic OH excluding ortho intramolecular Hbond substituents is 1. The van der Waals surface area contributed by atoms with Crippen molar-refractivity contribution in [3.63, 3.8) is 0 Å². The van der Waals surface area contributed by atoms with Crippen LogP contribution < -0.4 is 16.6 Å². The van der Waals surface area contributed by atoms with E-state index < -0.39 is 17.1 Å². The first-order valence-electron chi connectivity index (χ1n) is 16.6. The minimum Gasteiger partial charge on any atom is -0.508 e. The number of aryl methyl sites for hydroxylation is 1. The molecule has 0 radical (unpaired) electrons. The van der Waals surface area contributed by atoms with E-state index in [0.717, 1.165) is 60.2 Å².